The highest BCUT2D eigenvalue weighted by Gasteiger charge is 2.17. The molecule has 2 amide bonds. The minimum absolute atomic E-state index is 0.113. The smallest absolute Gasteiger partial charge is 0.270 e. The van der Waals surface area contributed by atoms with Crippen LogP contribution >= 0.6 is 0 Å². The van der Waals surface area contributed by atoms with E-state index in [-0.39, 0.29) is 29.7 Å². The fourth-order valence-corrected chi connectivity index (χ4v) is 2.73. The molecule has 0 spiro atoms. The van der Waals surface area contributed by atoms with E-state index in [2.05, 4.69) is 10.6 Å². The van der Waals surface area contributed by atoms with E-state index < -0.39 is 10.8 Å². The molecule has 0 saturated heterocycles. The van der Waals surface area contributed by atoms with Crippen molar-refractivity contribution < 1.29 is 24.0 Å². The quantitative estimate of drug-likeness (QED) is 0.579. The van der Waals surface area contributed by atoms with Crippen molar-refractivity contribution in [3.63, 3.8) is 0 Å². The van der Waals surface area contributed by atoms with Gasteiger partial charge in [0.05, 0.1) is 17.5 Å². The van der Waals surface area contributed by atoms with Crippen molar-refractivity contribution in [2.75, 3.05) is 19.8 Å². The monoisotopic (exact) mass is 385 g/mol. The van der Waals surface area contributed by atoms with Gasteiger partial charge >= 0.3 is 0 Å². The van der Waals surface area contributed by atoms with Crippen molar-refractivity contribution in [2.45, 2.75) is 13.0 Å². The third-order valence-corrected chi connectivity index (χ3v) is 4.17. The van der Waals surface area contributed by atoms with Crippen molar-refractivity contribution in [1.82, 2.24) is 10.6 Å². The molecule has 146 valence electrons. The summed E-state index contributed by atoms with van der Waals surface area (Å²) >= 11 is 0. The summed E-state index contributed by atoms with van der Waals surface area (Å²) in [6.45, 7) is 2.53. The van der Waals surface area contributed by atoms with Gasteiger partial charge in [0.2, 0.25) is 5.91 Å². The zero-order valence-electron chi connectivity index (χ0n) is 15.1. The molecule has 0 saturated carbocycles. The summed E-state index contributed by atoms with van der Waals surface area (Å²) in [4.78, 5) is 34.4. The number of hydrogen-bond donors (Lipinski definition) is 2. The highest BCUT2D eigenvalue weighted by Crippen LogP contribution is 2.32. The summed E-state index contributed by atoms with van der Waals surface area (Å²) in [6.07, 6.45) is 0. The Morgan fingerprint density at radius 2 is 1.89 bits per heavy atom. The van der Waals surface area contributed by atoms with Gasteiger partial charge in [0.1, 0.15) is 13.2 Å². The molecule has 0 bridgehead atoms. The summed E-state index contributed by atoms with van der Waals surface area (Å²) in [7, 11) is 0. The van der Waals surface area contributed by atoms with Gasteiger partial charge in [-0.25, -0.2) is 0 Å². The highest BCUT2D eigenvalue weighted by atomic mass is 16.6. The SMILES string of the molecule is C[C@@H](NC(=O)CNC(=O)c1cccc([N+](=O)[O-])c1)c1ccc2c(c1)OCCO2. The number of benzene rings is 2. The fraction of sp³-hybridized carbons (Fsp3) is 0.263. The van der Waals surface area contributed by atoms with Crippen molar-refractivity contribution >= 4 is 17.5 Å². The predicted octanol–water partition coefficient (Wildman–Crippen LogP) is 1.97. The van der Waals surface area contributed by atoms with Crippen LogP contribution in [-0.2, 0) is 4.79 Å². The van der Waals surface area contributed by atoms with Crippen LogP contribution < -0.4 is 20.1 Å². The van der Waals surface area contributed by atoms with Gasteiger partial charge in [-0.15, -0.1) is 0 Å². The maximum Gasteiger partial charge on any atom is 0.270 e. The Morgan fingerprint density at radius 1 is 1.14 bits per heavy atom. The van der Waals surface area contributed by atoms with Gasteiger partial charge in [-0.05, 0) is 30.7 Å². The second kappa shape index (κ2) is 8.38. The minimum Gasteiger partial charge on any atom is -0.486 e. The molecule has 2 aromatic carbocycles. The van der Waals surface area contributed by atoms with Gasteiger partial charge in [-0.3, -0.25) is 19.7 Å². The number of rotatable bonds is 6. The average molecular weight is 385 g/mol. The minimum atomic E-state index is -0.585. The highest BCUT2D eigenvalue weighted by molar-refractivity contribution is 5.97. The van der Waals surface area contributed by atoms with Crippen LogP contribution in [0.15, 0.2) is 42.5 Å². The van der Waals surface area contributed by atoms with Crippen LogP contribution in [0.1, 0.15) is 28.9 Å². The average Bonchev–Trinajstić information content (AvgIpc) is 2.71. The molecule has 9 nitrogen and oxygen atoms in total. The van der Waals surface area contributed by atoms with Gasteiger partial charge in [-0.1, -0.05) is 12.1 Å². The number of carbonyl (C=O) groups is 2. The Hall–Kier alpha value is -3.62. The molecule has 1 aliphatic heterocycles. The first-order valence-electron chi connectivity index (χ1n) is 8.65. The van der Waals surface area contributed by atoms with Crippen LogP contribution in [0.5, 0.6) is 11.5 Å². The number of fused-ring (bicyclic) bond motifs is 1. The van der Waals surface area contributed by atoms with Gasteiger partial charge < -0.3 is 20.1 Å². The summed E-state index contributed by atoms with van der Waals surface area (Å²) in [5.74, 6) is 0.341. The zero-order chi connectivity index (χ0) is 20.1. The molecule has 0 radical (unpaired) electrons. The number of nitro groups is 1. The molecule has 0 aliphatic carbocycles. The Balaban J connectivity index is 1.54. The molecular formula is C19H19N3O6. The van der Waals surface area contributed by atoms with E-state index >= 15 is 0 Å². The Labute approximate surface area is 160 Å². The number of nitro benzene ring substituents is 1. The number of amides is 2. The molecule has 0 fully saturated rings. The third kappa shape index (κ3) is 4.56. The molecule has 2 N–H and O–H groups in total. The van der Waals surface area contributed by atoms with Crippen molar-refractivity contribution in [3.8, 4) is 11.5 Å². The summed E-state index contributed by atoms with van der Waals surface area (Å²) in [5, 5.41) is 16.0. The normalized spacial score (nSPS) is 13.3. The lowest BCUT2D eigenvalue weighted by Gasteiger charge is -2.21. The maximum atomic E-state index is 12.1. The molecular weight excluding hydrogens is 366 g/mol. The van der Waals surface area contributed by atoms with Crippen LogP contribution in [-0.4, -0.2) is 36.5 Å². The predicted molar refractivity (Wildman–Crippen MR) is 99.4 cm³/mol. The third-order valence-electron chi connectivity index (χ3n) is 4.17. The molecule has 0 aromatic heterocycles. The largest absolute Gasteiger partial charge is 0.486 e. The number of non-ortho nitro benzene ring substituents is 1. The lowest BCUT2D eigenvalue weighted by Crippen LogP contribution is -2.38. The second-order valence-corrected chi connectivity index (χ2v) is 6.18. The fourth-order valence-electron chi connectivity index (χ4n) is 2.73. The summed E-state index contributed by atoms with van der Waals surface area (Å²) < 4.78 is 11.0. The molecule has 1 aliphatic rings. The Morgan fingerprint density at radius 3 is 2.64 bits per heavy atom. The van der Waals surface area contributed by atoms with E-state index in [4.69, 9.17) is 9.47 Å². The van der Waals surface area contributed by atoms with Gasteiger partial charge in [0.15, 0.2) is 11.5 Å². The summed E-state index contributed by atoms with van der Waals surface area (Å²) in [5.41, 5.74) is 0.758. The van der Waals surface area contributed by atoms with Crippen LogP contribution in [0.2, 0.25) is 0 Å². The topological polar surface area (TPSA) is 120 Å². The molecule has 0 unspecified atom stereocenters. The molecule has 1 atom stereocenters. The summed E-state index contributed by atoms with van der Waals surface area (Å²) in [6, 6.07) is 10.4. The first-order chi connectivity index (χ1) is 13.4. The standard InChI is InChI=1S/C19H19N3O6/c1-12(13-5-6-16-17(10-13)28-8-7-27-16)21-18(23)11-20-19(24)14-3-2-4-15(9-14)22(25)26/h2-6,9-10,12H,7-8,11H2,1H3,(H,20,24)(H,21,23)/t12-/m1/s1. The number of hydrogen-bond acceptors (Lipinski definition) is 6. The molecule has 2 aromatic rings. The first-order valence-corrected chi connectivity index (χ1v) is 8.65. The van der Waals surface area contributed by atoms with E-state index in [1.54, 1.807) is 12.1 Å². The second-order valence-electron chi connectivity index (χ2n) is 6.18. The Bertz CT molecular complexity index is 914. The van der Waals surface area contributed by atoms with Crippen molar-refractivity contribution in [1.29, 1.82) is 0 Å². The number of nitrogens with zero attached hydrogens (tertiary/aromatic N) is 1. The van der Waals surface area contributed by atoms with Gasteiger partial charge in [0, 0.05) is 17.7 Å². The molecule has 3 rings (SSSR count). The number of ether oxygens (including phenoxy) is 2. The van der Waals surface area contributed by atoms with Crippen molar-refractivity contribution in [2.24, 2.45) is 0 Å². The lowest BCUT2D eigenvalue weighted by atomic mass is 10.1. The number of carbonyl (C=O) groups excluding carboxylic acids is 2. The van der Waals surface area contributed by atoms with Crippen LogP contribution in [0.25, 0.3) is 0 Å². The molecule has 9 heteroatoms. The van der Waals surface area contributed by atoms with E-state index in [0.717, 1.165) is 11.6 Å². The van der Waals surface area contributed by atoms with Gasteiger partial charge in [-0.2, -0.15) is 0 Å². The first kappa shape index (κ1) is 19.2. The lowest BCUT2D eigenvalue weighted by molar-refractivity contribution is -0.384. The zero-order valence-corrected chi connectivity index (χ0v) is 15.1. The van der Waals surface area contributed by atoms with Crippen LogP contribution in [0.3, 0.4) is 0 Å². The van der Waals surface area contributed by atoms with Crippen LogP contribution in [0.4, 0.5) is 5.69 Å². The van der Waals surface area contributed by atoms with E-state index in [0.29, 0.717) is 24.7 Å². The Kier molecular flexibility index (Phi) is 5.73. The molecule has 1 heterocycles. The van der Waals surface area contributed by atoms with E-state index in [1.165, 1.54) is 18.2 Å². The van der Waals surface area contributed by atoms with E-state index in [9.17, 15) is 19.7 Å². The number of nitrogens with one attached hydrogen (secondary N) is 2. The van der Waals surface area contributed by atoms with E-state index in [1.807, 2.05) is 13.0 Å². The van der Waals surface area contributed by atoms with Crippen molar-refractivity contribution in [3.05, 3.63) is 63.7 Å². The maximum absolute atomic E-state index is 12.1. The molecule has 28 heavy (non-hydrogen) atoms. The van der Waals surface area contributed by atoms with Gasteiger partial charge in [0.25, 0.3) is 11.6 Å². The van der Waals surface area contributed by atoms with Crippen LogP contribution in [0, 0.1) is 10.1 Å².